The molecule has 0 fully saturated rings. The Balaban J connectivity index is 2.16. The molecule has 0 saturated carbocycles. The van der Waals surface area contributed by atoms with Crippen LogP contribution < -0.4 is 10.2 Å². The van der Waals surface area contributed by atoms with E-state index in [9.17, 15) is 22.4 Å². The van der Waals surface area contributed by atoms with E-state index in [1.807, 2.05) is 0 Å². The lowest BCUT2D eigenvalue weighted by Crippen LogP contribution is -2.18. The third-order valence-electron chi connectivity index (χ3n) is 4.11. The number of para-hydroxylation sites is 1. The molecule has 0 spiro atoms. The van der Waals surface area contributed by atoms with Crippen LogP contribution in [0.1, 0.15) is 12.8 Å². The molecule has 1 aromatic heterocycles. The van der Waals surface area contributed by atoms with Crippen LogP contribution in [-0.2, 0) is 6.54 Å². The van der Waals surface area contributed by atoms with Crippen molar-refractivity contribution in [3.05, 3.63) is 58.5 Å². The third-order valence-corrected chi connectivity index (χ3v) is 4.11. The molecule has 8 heteroatoms. The molecular formula is C19H16F4N2O2. The summed E-state index contributed by atoms with van der Waals surface area (Å²) in [6.07, 6.45) is -5.43. The quantitative estimate of drug-likeness (QED) is 0.610. The van der Waals surface area contributed by atoms with Crippen LogP contribution in [0.5, 0.6) is 5.75 Å². The number of ether oxygens (including phenoxy) is 1. The molecule has 3 rings (SSSR count). The average Bonchev–Trinajstić information content (AvgIpc) is 2.63. The maximum atomic E-state index is 13.7. The molecule has 0 aliphatic rings. The summed E-state index contributed by atoms with van der Waals surface area (Å²) in [7, 11) is 1.37. The van der Waals surface area contributed by atoms with Gasteiger partial charge in [-0.05, 0) is 36.8 Å². The van der Waals surface area contributed by atoms with E-state index in [1.165, 1.54) is 23.9 Å². The summed E-state index contributed by atoms with van der Waals surface area (Å²) in [5.41, 5.74) is 0.0558. The Morgan fingerprint density at radius 3 is 2.59 bits per heavy atom. The molecule has 0 N–H and O–H groups in total. The van der Waals surface area contributed by atoms with Crippen LogP contribution in [0.4, 0.5) is 17.6 Å². The first-order chi connectivity index (χ1) is 12.8. The molecule has 0 bridgehead atoms. The molecule has 4 nitrogen and oxygen atoms in total. The van der Waals surface area contributed by atoms with Gasteiger partial charge in [0.05, 0.1) is 18.2 Å². The lowest BCUT2D eigenvalue weighted by molar-refractivity contribution is -0.135. The number of alkyl halides is 3. The van der Waals surface area contributed by atoms with Crippen molar-refractivity contribution in [2.75, 3.05) is 7.11 Å². The molecule has 0 radical (unpaired) electrons. The number of benzene rings is 2. The largest absolute Gasteiger partial charge is 0.496 e. The molecule has 0 aliphatic carbocycles. The van der Waals surface area contributed by atoms with E-state index in [4.69, 9.17) is 4.74 Å². The fraction of sp³-hybridized carbons (Fsp3) is 0.263. The predicted molar refractivity (Wildman–Crippen MR) is 93.2 cm³/mol. The van der Waals surface area contributed by atoms with Gasteiger partial charge >= 0.3 is 6.18 Å². The van der Waals surface area contributed by atoms with Crippen LogP contribution in [0.25, 0.3) is 22.2 Å². The van der Waals surface area contributed by atoms with Gasteiger partial charge in [0, 0.05) is 18.4 Å². The van der Waals surface area contributed by atoms with E-state index in [2.05, 4.69) is 5.10 Å². The average molecular weight is 380 g/mol. The van der Waals surface area contributed by atoms with Crippen molar-refractivity contribution in [3.63, 3.8) is 0 Å². The second-order valence-electron chi connectivity index (χ2n) is 5.98. The standard InChI is InChI=1S/C19H16F4N2O2/c1-27-16-8-7-12(20)11-14(16)17-18(26)13-5-2-3-6-15(13)25(24-17)10-4-9-19(21,22)23/h2-3,5-8,11H,4,9-10H2,1H3. The molecule has 0 unspecified atom stereocenters. The predicted octanol–water partition coefficient (Wildman–Crippen LogP) is 4.55. The zero-order valence-corrected chi connectivity index (χ0v) is 14.4. The maximum Gasteiger partial charge on any atom is 0.389 e. The number of methoxy groups -OCH3 is 1. The molecule has 142 valence electrons. The highest BCUT2D eigenvalue weighted by molar-refractivity contribution is 5.83. The molecule has 1 heterocycles. The second kappa shape index (κ2) is 7.38. The summed E-state index contributed by atoms with van der Waals surface area (Å²) in [5.74, 6) is -0.332. The fourth-order valence-electron chi connectivity index (χ4n) is 2.88. The molecule has 3 aromatic rings. The first-order valence-electron chi connectivity index (χ1n) is 8.20. The maximum absolute atomic E-state index is 13.7. The first-order valence-corrected chi connectivity index (χ1v) is 8.20. The molecule has 0 atom stereocenters. The Kier molecular flexibility index (Phi) is 5.16. The molecule has 0 saturated heterocycles. The van der Waals surface area contributed by atoms with Gasteiger partial charge in [-0.3, -0.25) is 9.48 Å². The highest BCUT2D eigenvalue weighted by atomic mass is 19.4. The van der Waals surface area contributed by atoms with Gasteiger partial charge in [-0.2, -0.15) is 18.3 Å². The van der Waals surface area contributed by atoms with Gasteiger partial charge in [0.25, 0.3) is 0 Å². The Hall–Kier alpha value is -2.90. The summed E-state index contributed by atoms with van der Waals surface area (Å²) in [4.78, 5) is 12.9. The minimum atomic E-state index is -4.27. The van der Waals surface area contributed by atoms with Crippen LogP contribution in [0.3, 0.4) is 0 Å². The summed E-state index contributed by atoms with van der Waals surface area (Å²) in [6, 6.07) is 10.2. The minimum absolute atomic E-state index is 0.0368. The number of nitrogens with zero attached hydrogens (tertiary/aromatic N) is 2. The number of fused-ring (bicyclic) bond motifs is 1. The summed E-state index contributed by atoms with van der Waals surface area (Å²) >= 11 is 0. The number of hydrogen-bond donors (Lipinski definition) is 0. The van der Waals surface area contributed by atoms with Crippen molar-refractivity contribution < 1.29 is 22.3 Å². The Morgan fingerprint density at radius 2 is 1.89 bits per heavy atom. The number of aryl methyl sites for hydroxylation is 1. The van der Waals surface area contributed by atoms with Gasteiger partial charge < -0.3 is 4.74 Å². The van der Waals surface area contributed by atoms with Gasteiger partial charge in [-0.1, -0.05) is 12.1 Å². The fourth-order valence-corrected chi connectivity index (χ4v) is 2.88. The van der Waals surface area contributed by atoms with Crippen LogP contribution in [0.2, 0.25) is 0 Å². The SMILES string of the molecule is COc1ccc(F)cc1-c1nn(CCCC(F)(F)F)c2ccccc2c1=O. The van der Waals surface area contributed by atoms with Crippen LogP contribution >= 0.6 is 0 Å². The van der Waals surface area contributed by atoms with Gasteiger partial charge in [0.15, 0.2) is 0 Å². The summed E-state index contributed by atoms with van der Waals surface area (Å²) in [5, 5.41) is 4.52. The topological polar surface area (TPSA) is 44.1 Å². The first kappa shape index (κ1) is 18.9. The van der Waals surface area contributed by atoms with E-state index in [0.29, 0.717) is 10.9 Å². The highest BCUT2D eigenvalue weighted by Crippen LogP contribution is 2.29. The molecule has 2 aromatic carbocycles. The van der Waals surface area contributed by atoms with Crippen molar-refractivity contribution in [2.45, 2.75) is 25.6 Å². The van der Waals surface area contributed by atoms with Gasteiger partial charge in [-0.25, -0.2) is 4.39 Å². The van der Waals surface area contributed by atoms with E-state index in [1.54, 1.807) is 24.3 Å². The second-order valence-corrected chi connectivity index (χ2v) is 5.98. The van der Waals surface area contributed by atoms with Gasteiger partial charge in [0.2, 0.25) is 5.43 Å². The van der Waals surface area contributed by atoms with Crippen LogP contribution in [0, 0.1) is 5.82 Å². The molecule has 0 amide bonds. The van der Waals surface area contributed by atoms with Crippen molar-refractivity contribution in [1.82, 2.24) is 9.78 Å². The van der Waals surface area contributed by atoms with Crippen molar-refractivity contribution >= 4 is 10.9 Å². The van der Waals surface area contributed by atoms with E-state index in [-0.39, 0.29) is 30.0 Å². The molecular weight excluding hydrogens is 364 g/mol. The van der Waals surface area contributed by atoms with E-state index in [0.717, 1.165) is 6.07 Å². The third kappa shape index (κ3) is 4.10. The van der Waals surface area contributed by atoms with Crippen LogP contribution in [-0.4, -0.2) is 23.1 Å². The highest BCUT2D eigenvalue weighted by Gasteiger charge is 2.26. The number of rotatable bonds is 5. The van der Waals surface area contributed by atoms with Crippen molar-refractivity contribution in [2.24, 2.45) is 0 Å². The zero-order chi connectivity index (χ0) is 19.6. The Morgan fingerprint density at radius 1 is 1.15 bits per heavy atom. The molecule has 27 heavy (non-hydrogen) atoms. The monoisotopic (exact) mass is 380 g/mol. The van der Waals surface area contributed by atoms with Gasteiger partial charge in [-0.15, -0.1) is 0 Å². The lowest BCUT2D eigenvalue weighted by Gasteiger charge is -2.14. The summed E-state index contributed by atoms with van der Waals surface area (Å²) < 4.78 is 57.7. The summed E-state index contributed by atoms with van der Waals surface area (Å²) in [6.45, 7) is -0.0368. The van der Waals surface area contributed by atoms with Crippen LogP contribution in [0.15, 0.2) is 47.3 Å². The lowest BCUT2D eigenvalue weighted by atomic mass is 10.1. The van der Waals surface area contributed by atoms with Crippen molar-refractivity contribution in [3.8, 4) is 17.0 Å². The number of aromatic nitrogens is 2. The number of hydrogen-bond acceptors (Lipinski definition) is 3. The Bertz CT molecular complexity index is 1030. The van der Waals surface area contributed by atoms with E-state index >= 15 is 0 Å². The minimum Gasteiger partial charge on any atom is -0.496 e. The molecule has 0 aliphatic heterocycles. The number of halogens is 4. The zero-order valence-electron chi connectivity index (χ0n) is 14.4. The van der Waals surface area contributed by atoms with Crippen molar-refractivity contribution in [1.29, 1.82) is 0 Å². The smallest absolute Gasteiger partial charge is 0.389 e. The Labute approximate surface area is 152 Å². The van der Waals surface area contributed by atoms with Gasteiger partial charge in [0.1, 0.15) is 17.3 Å². The normalized spacial score (nSPS) is 11.7. The van der Waals surface area contributed by atoms with E-state index < -0.39 is 23.8 Å².